The maximum atomic E-state index is 12.1. The average molecular weight is 393 g/mol. The predicted octanol–water partition coefficient (Wildman–Crippen LogP) is 4.04. The Balaban J connectivity index is 1.53. The van der Waals surface area contributed by atoms with Crippen molar-refractivity contribution in [1.29, 1.82) is 0 Å². The molecular weight excluding hydrogens is 376 g/mol. The van der Waals surface area contributed by atoms with Gasteiger partial charge in [0.1, 0.15) is 0 Å². The second-order valence-corrected chi connectivity index (χ2v) is 8.32. The Bertz CT molecular complexity index is 726. The van der Waals surface area contributed by atoms with E-state index >= 15 is 0 Å². The van der Waals surface area contributed by atoms with Gasteiger partial charge in [0.2, 0.25) is 5.91 Å². The molecule has 1 aliphatic rings. The summed E-state index contributed by atoms with van der Waals surface area (Å²) in [5.74, 6) is 0.571. The third-order valence-electron chi connectivity index (χ3n) is 3.91. The normalized spacial score (nSPS) is 19.2. The Kier molecular flexibility index (Phi) is 4.82. The van der Waals surface area contributed by atoms with E-state index in [4.69, 9.17) is 0 Å². The highest BCUT2D eigenvalue weighted by Gasteiger charge is 2.39. The Labute approximate surface area is 147 Å². The first-order valence-corrected chi connectivity index (χ1v) is 9.07. The minimum absolute atomic E-state index is 0.0676. The first kappa shape index (κ1) is 16.2. The van der Waals surface area contributed by atoms with Gasteiger partial charge in [0, 0.05) is 22.0 Å². The number of halogens is 1. The number of hydrogen-bond donors (Lipinski definition) is 2. The molecule has 2 amide bonds. The maximum Gasteiger partial charge on any atom is 0.251 e. The highest BCUT2D eigenvalue weighted by Crippen LogP contribution is 2.38. The molecule has 1 aromatic carbocycles. The molecule has 0 saturated heterocycles. The molecule has 1 aliphatic carbocycles. The second kappa shape index (κ2) is 6.84. The number of thiophene rings is 1. The van der Waals surface area contributed by atoms with Crippen LogP contribution >= 0.6 is 27.3 Å². The maximum absolute atomic E-state index is 12.1. The van der Waals surface area contributed by atoms with Crippen LogP contribution in [0.5, 0.6) is 0 Å². The molecule has 0 bridgehead atoms. The molecule has 120 valence electrons. The molecule has 0 spiro atoms. The summed E-state index contributed by atoms with van der Waals surface area (Å²) >= 11 is 5.00. The van der Waals surface area contributed by atoms with E-state index in [2.05, 4.69) is 33.5 Å². The highest BCUT2D eigenvalue weighted by atomic mass is 79.9. The molecule has 1 heterocycles. The molecule has 1 aromatic heterocycles. The van der Waals surface area contributed by atoms with Crippen LogP contribution in [-0.2, 0) is 11.3 Å². The summed E-state index contributed by atoms with van der Waals surface area (Å²) in [5.41, 5.74) is 1.31. The number of hydrogen-bond acceptors (Lipinski definition) is 3. The van der Waals surface area contributed by atoms with Gasteiger partial charge in [0.05, 0.1) is 10.3 Å². The molecule has 0 aliphatic heterocycles. The van der Waals surface area contributed by atoms with E-state index in [1.54, 1.807) is 35.6 Å². The van der Waals surface area contributed by atoms with Gasteiger partial charge in [-0.05, 0) is 64.7 Å². The van der Waals surface area contributed by atoms with Crippen LogP contribution in [0.15, 0.2) is 40.2 Å². The lowest BCUT2D eigenvalue weighted by molar-refractivity contribution is -0.117. The topological polar surface area (TPSA) is 58.2 Å². The molecule has 2 atom stereocenters. The Morgan fingerprint density at radius 2 is 1.91 bits per heavy atom. The summed E-state index contributed by atoms with van der Waals surface area (Å²) in [5, 5.41) is 5.77. The molecule has 4 nitrogen and oxygen atoms in total. The Morgan fingerprint density at radius 3 is 2.48 bits per heavy atom. The van der Waals surface area contributed by atoms with Crippen LogP contribution in [-0.4, -0.2) is 11.8 Å². The van der Waals surface area contributed by atoms with E-state index < -0.39 is 0 Å². The van der Waals surface area contributed by atoms with Crippen LogP contribution < -0.4 is 10.6 Å². The molecule has 1 saturated carbocycles. The van der Waals surface area contributed by atoms with Gasteiger partial charge in [0.25, 0.3) is 5.91 Å². The van der Waals surface area contributed by atoms with E-state index in [-0.39, 0.29) is 17.7 Å². The fourth-order valence-corrected chi connectivity index (χ4v) is 3.77. The van der Waals surface area contributed by atoms with Gasteiger partial charge >= 0.3 is 0 Å². The van der Waals surface area contributed by atoms with Crippen LogP contribution in [0.4, 0.5) is 5.69 Å². The van der Waals surface area contributed by atoms with Crippen LogP contribution in [0.2, 0.25) is 0 Å². The van der Waals surface area contributed by atoms with Gasteiger partial charge in [0.15, 0.2) is 0 Å². The summed E-state index contributed by atoms with van der Waals surface area (Å²) in [6.45, 7) is 2.58. The molecule has 1 fully saturated rings. The number of anilines is 1. The zero-order chi connectivity index (χ0) is 16.4. The third kappa shape index (κ3) is 4.20. The quantitative estimate of drug-likeness (QED) is 0.806. The van der Waals surface area contributed by atoms with E-state index in [0.29, 0.717) is 18.0 Å². The number of amides is 2. The Hall–Kier alpha value is -1.66. The molecule has 2 unspecified atom stereocenters. The number of carbonyl (C=O) groups is 2. The van der Waals surface area contributed by atoms with Gasteiger partial charge < -0.3 is 10.6 Å². The fourth-order valence-electron chi connectivity index (χ4n) is 2.34. The SMILES string of the molecule is CC1CC1C(=O)Nc1ccc(C(=O)NCc2ccc(Br)s2)cc1. The van der Waals surface area contributed by atoms with Crippen molar-refractivity contribution in [3.05, 3.63) is 50.6 Å². The molecule has 2 N–H and O–H groups in total. The van der Waals surface area contributed by atoms with Crippen LogP contribution in [0, 0.1) is 11.8 Å². The number of nitrogens with one attached hydrogen (secondary N) is 2. The smallest absolute Gasteiger partial charge is 0.251 e. The molecule has 3 rings (SSSR count). The van der Waals surface area contributed by atoms with Crippen molar-refractivity contribution in [2.45, 2.75) is 19.9 Å². The lowest BCUT2D eigenvalue weighted by Crippen LogP contribution is -2.22. The van der Waals surface area contributed by atoms with Crippen molar-refractivity contribution in [2.24, 2.45) is 11.8 Å². The van der Waals surface area contributed by atoms with Crippen molar-refractivity contribution in [3.8, 4) is 0 Å². The van der Waals surface area contributed by atoms with Crippen LogP contribution in [0.25, 0.3) is 0 Å². The van der Waals surface area contributed by atoms with E-state index in [1.165, 1.54) is 0 Å². The van der Waals surface area contributed by atoms with Crippen LogP contribution in [0.1, 0.15) is 28.6 Å². The van der Waals surface area contributed by atoms with Crippen molar-refractivity contribution in [1.82, 2.24) is 5.32 Å². The Morgan fingerprint density at radius 1 is 1.22 bits per heavy atom. The first-order chi connectivity index (χ1) is 11.0. The minimum Gasteiger partial charge on any atom is -0.347 e. The van der Waals surface area contributed by atoms with Crippen LogP contribution in [0.3, 0.4) is 0 Å². The summed E-state index contributed by atoms with van der Waals surface area (Å²) in [6, 6.07) is 10.9. The monoisotopic (exact) mass is 392 g/mol. The summed E-state index contributed by atoms with van der Waals surface area (Å²) in [7, 11) is 0. The largest absolute Gasteiger partial charge is 0.347 e. The third-order valence-corrected chi connectivity index (χ3v) is 5.54. The van der Waals surface area contributed by atoms with Crippen molar-refractivity contribution >= 4 is 44.8 Å². The minimum atomic E-state index is -0.122. The van der Waals surface area contributed by atoms with Crippen molar-refractivity contribution < 1.29 is 9.59 Å². The molecule has 0 radical (unpaired) electrons. The molecule has 23 heavy (non-hydrogen) atoms. The first-order valence-electron chi connectivity index (χ1n) is 7.46. The number of rotatable bonds is 5. The second-order valence-electron chi connectivity index (χ2n) is 5.77. The van der Waals surface area contributed by atoms with Crippen molar-refractivity contribution in [3.63, 3.8) is 0 Å². The summed E-state index contributed by atoms with van der Waals surface area (Å²) < 4.78 is 1.05. The van der Waals surface area contributed by atoms with Crippen molar-refractivity contribution in [2.75, 3.05) is 5.32 Å². The fraction of sp³-hybridized carbons (Fsp3) is 0.294. The predicted molar refractivity (Wildman–Crippen MR) is 95.5 cm³/mol. The lowest BCUT2D eigenvalue weighted by Gasteiger charge is -2.07. The zero-order valence-electron chi connectivity index (χ0n) is 12.6. The summed E-state index contributed by atoms with van der Waals surface area (Å²) in [6.07, 6.45) is 0.963. The van der Waals surface area contributed by atoms with E-state index in [0.717, 1.165) is 20.8 Å². The molecule has 2 aromatic rings. The van der Waals surface area contributed by atoms with Gasteiger partial charge in [-0.2, -0.15) is 0 Å². The molecule has 6 heteroatoms. The van der Waals surface area contributed by atoms with Gasteiger partial charge in [-0.1, -0.05) is 6.92 Å². The number of benzene rings is 1. The lowest BCUT2D eigenvalue weighted by atomic mass is 10.2. The average Bonchev–Trinajstić information content (AvgIpc) is 3.13. The van der Waals surface area contributed by atoms with Gasteiger partial charge in [-0.15, -0.1) is 11.3 Å². The van der Waals surface area contributed by atoms with Gasteiger partial charge in [-0.25, -0.2) is 0 Å². The standard InChI is InChI=1S/C17H17BrN2O2S/c1-10-8-14(10)17(22)20-12-4-2-11(3-5-12)16(21)19-9-13-6-7-15(18)23-13/h2-7,10,14H,8-9H2,1H3,(H,19,21)(H,20,22). The molecular formula is C17H17BrN2O2S. The highest BCUT2D eigenvalue weighted by molar-refractivity contribution is 9.11. The number of carbonyl (C=O) groups excluding carboxylic acids is 2. The summed E-state index contributed by atoms with van der Waals surface area (Å²) in [4.78, 5) is 25.1. The van der Waals surface area contributed by atoms with Gasteiger partial charge in [-0.3, -0.25) is 9.59 Å². The zero-order valence-corrected chi connectivity index (χ0v) is 15.0. The van der Waals surface area contributed by atoms with E-state index in [9.17, 15) is 9.59 Å². The van der Waals surface area contributed by atoms with E-state index in [1.807, 2.05) is 12.1 Å².